The van der Waals surface area contributed by atoms with Crippen LogP contribution in [0.2, 0.25) is 0 Å². The van der Waals surface area contributed by atoms with Crippen molar-refractivity contribution in [3.05, 3.63) is 36.3 Å². The summed E-state index contributed by atoms with van der Waals surface area (Å²) in [5, 5.41) is 0.617. The van der Waals surface area contributed by atoms with Crippen LogP contribution in [0.5, 0.6) is 0 Å². The molecular weight excluding hydrogens is 262 g/mol. The molecule has 1 aromatic heterocycles. The van der Waals surface area contributed by atoms with Gasteiger partial charge in [-0.15, -0.1) is 5.06 Å². The predicted octanol–water partition coefficient (Wildman–Crippen LogP) is 1.16. The Kier molecular flexibility index (Phi) is 2.19. The molecule has 102 valence electrons. The molecule has 0 aromatic carbocycles. The van der Waals surface area contributed by atoms with Crippen molar-refractivity contribution in [3.8, 4) is 0 Å². The Balaban J connectivity index is 1.57. The maximum absolute atomic E-state index is 12.3. The first kappa shape index (κ1) is 11.5. The molecule has 4 rings (SSSR count). The maximum atomic E-state index is 12.3. The summed E-state index contributed by atoms with van der Waals surface area (Å²) >= 11 is 0. The second-order valence-corrected chi connectivity index (χ2v) is 5.33. The van der Waals surface area contributed by atoms with Gasteiger partial charge in [0, 0.05) is 0 Å². The quantitative estimate of drug-likeness (QED) is 0.597. The SMILES string of the molecule is O=C(ON1C(=O)[C@@H]2[C@@H](C1=O)[C@H]1C=C[C@H]2C1)c1ccco1. The molecule has 2 heterocycles. The zero-order chi connectivity index (χ0) is 13.9. The highest BCUT2D eigenvalue weighted by atomic mass is 16.7. The van der Waals surface area contributed by atoms with Crippen molar-refractivity contribution < 1.29 is 23.6 Å². The summed E-state index contributed by atoms with van der Waals surface area (Å²) in [5.41, 5.74) is 0. The summed E-state index contributed by atoms with van der Waals surface area (Å²) in [4.78, 5) is 41.2. The van der Waals surface area contributed by atoms with E-state index in [4.69, 9.17) is 9.25 Å². The van der Waals surface area contributed by atoms with E-state index in [0.717, 1.165) is 6.42 Å². The molecule has 2 bridgehead atoms. The predicted molar refractivity (Wildman–Crippen MR) is 63.7 cm³/mol. The zero-order valence-corrected chi connectivity index (χ0v) is 10.4. The topological polar surface area (TPSA) is 76.8 Å². The zero-order valence-electron chi connectivity index (χ0n) is 10.4. The van der Waals surface area contributed by atoms with E-state index in [9.17, 15) is 14.4 Å². The molecule has 1 saturated carbocycles. The molecule has 6 nitrogen and oxygen atoms in total. The number of carbonyl (C=O) groups excluding carboxylic acids is 3. The summed E-state index contributed by atoms with van der Waals surface area (Å²) in [6.45, 7) is 0. The lowest BCUT2D eigenvalue weighted by atomic mass is 9.85. The van der Waals surface area contributed by atoms with Crippen LogP contribution >= 0.6 is 0 Å². The molecule has 4 atom stereocenters. The first-order valence-corrected chi connectivity index (χ1v) is 6.49. The Hall–Kier alpha value is -2.37. The minimum atomic E-state index is -0.836. The van der Waals surface area contributed by atoms with Crippen LogP contribution in [0.3, 0.4) is 0 Å². The molecule has 2 fully saturated rings. The van der Waals surface area contributed by atoms with Gasteiger partial charge < -0.3 is 9.25 Å². The fourth-order valence-corrected chi connectivity index (χ4v) is 3.49. The number of amides is 2. The monoisotopic (exact) mass is 273 g/mol. The molecule has 3 aliphatic rings. The highest BCUT2D eigenvalue weighted by Gasteiger charge is 2.60. The van der Waals surface area contributed by atoms with Crippen molar-refractivity contribution in [3.63, 3.8) is 0 Å². The lowest BCUT2D eigenvalue weighted by Gasteiger charge is -2.14. The van der Waals surface area contributed by atoms with Crippen molar-refractivity contribution in [1.82, 2.24) is 5.06 Å². The van der Waals surface area contributed by atoms with Crippen LogP contribution in [0.1, 0.15) is 17.0 Å². The third kappa shape index (κ3) is 1.36. The van der Waals surface area contributed by atoms with Crippen LogP contribution in [0.25, 0.3) is 0 Å². The standard InChI is InChI=1S/C14H11NO5/c16-12-10-7-3-4-8(6-7)11(10)13(17)15(12)20-14(18)9-2-1-5-19-9/h1-5,7-8,10-11H,6H2/t7-,8-,10-,11-/m0/s1. The summed E-state index contributed by atoms with van der Waals surface area (Å²) in [6.07, 6.45) is 6.12. The van der Waals surface area contributed by atoms with Crippen molar-refractivity contribution in [2.24, 2.45) is 23.7 Å². The van der Waals surface area contributed by atoms with Crippen LogP contribution in [-0.4, -0.2) is 22.8 Å². The molecule has 2 aliphatic carbocycles. The number of hydroxylamine groups is 2. The number of hydrogen-bond donors (Lipinski definition) is 0. The highest BCUT2D eigenvalue weighted by molar-refractivity contribution is 6.06. The van der Waals surface area contributed by atoms with Crippen LogP contribution in [-0.2, 0) is 14.4 Å². The van der Waals surface area contributed by atoms with Crippen LogP contribution < -0.4 is 0 Å². The van der Waals surface area contributed by atoms with E-state index in [-0.39, 0.29) is 29.4 Å². The molecule has 6 heteroatoms. The molecule has 1 aliphatic heterocycles. The number of furan rings is 1. The molecule has 2 amide bonds. The molecule has 0 N–H and O–H groups in total. The Morgan fingerprint density at radius 3 is 2.40 bits per heavy atom. The first-order valence-electron chi connectivity index (χ1n) is 6.49. The number of allylic oxidation sites excluding steroid dienone is 2. The van der Waals surface area contributed by atoms with Gasteiger partial charge in [-0.1, -0.05) is 12.2 Å². The van der Waals surface area contributed by atoms with E-state index < -0.39 is 17.8 Å². The number of carbonyl (C=O) groups is 3. The molecule has 0 unspecified atom stereocenters. The van der Waals surface area contributed by atoms with E-state index in [1.807, 2.05) is 12.2 Å². The van der Waals surface area contributed by atoms with E-state index in [0.29, 0.717) is 5.06 Å². The summed E-state index contributed by atoms with van der Waals surface area (Å²) in [6, 6.07) is 2.95. The number of nitrogens with zero attached hydrogens (tertiary/aromatic N) is 1. The molecule has 1 saturated heterocycles. The van der Waals surface area contributed by atoms with E-state index in [2.05, 4.69) is 0 Å². The van der Waals surface area contributed by atoms with Crippen molar-refractivity contribution in [2.75, 3.05) is 0 Å². The molecule has 0 radical (unpaired) electrons. The second-order valence-electron chi connectivity index (χ2n) is 5.33. The van der Waals surface area contributed by atoms with Gasteiger partial charge >= 0.3 is 5.97 Å². The Bertz CT molecular complexity index is 602. The van der Waals surface area contributed by atoms with Crippen molar-refractivity contribution in [2.45, 2.75) is 6.42 Å². The third-order valence-corrected chi connectivity index (χ3v) is 4.33. The summed E-state index contributed by atoms with van der Waals surface area (Å²) < 4.78 is 4.89. The van der Waals surface area contributed by atoms with E-state index >= 15 is 0 Å². The van der Waals surface area contributed by atoms with Gasteiger partial charge in [-0.3, -0.25) is 9.59 Å². The average Bonchev–Trinajstić information content (AvgIpc) is 3.18. The van der Waals surface area contributed by atoms with E-state index in [1.54, 1.807) is 0 Å². The van der Waals surface area contributed by atoms with Gasteiger partial charge in [-0.05, 0) is 30.4 Å². The molecule has 1 aromatic rings. The number of hydrogen-bond acceptors (Lipinski definition) is 5. The van der Waals surface area contributed by atoms with E-state index in [1.165, 1.54) is 18.4 Å². The maximum Gasteiger partial charge on any atom is 0.398 e. The normalized spacial score (nSPS) is 33.9. The van der Waals surface area contributed by atoms with Gasteiger partial charge in [0.05, 0.1) is 18.1 Å². The fourth-order valence-electron chi connectivity index (χ4n) is 3.49. The first-order chi connectivity index (χ1) is 9.66. The summed E-state index contributed by atoms with van der Waals surface area (Å²) in [5.74, 6) is -2.28. The van der Waals surface area contributed by atoms with Gasteiger partial charge in [0.1, 0.15) is 0 Å². The van der Waals surface area contributed by atoms with Crippen LogP contribution in [0.4, 0.5) is 0 Å². The largest absolute Gasteiger partial charge is 0.457 e. The van der Waals surface area contributed by atoms with Crippen LogP contribution in [0, 0.1) is 23.7 Å². The van der Waals surface area contributed by atoms with Gasteiger partial charge in [0.25, 0.3) is 11.8 Å². The third-order valence-electron chi connectivity index (χ3n) is 4.33. The van der Waals surface area contributed by atoms with Gasteiger partial charge in [-0.2, -0.15) is 0 Å². The minimum absolute atomic E-state index is 0.0382. The highest BCUT2D eigenvalue weighted by Crippen LogP contribution is 2.52. The Labute approximate surface area is 113 Å². The van der Waals surface area contributed by atoms with Crippen molar-refractivity contribution in [1.29, 1.82) is 0 Å². The second kappa shape index (κ2) is 3.82. The van der Waals surface area contributed by atoms with Gasteiger partial charge in [0.2, 0.25) is 5.76 Å². The van der Waals surface area contributed by atoms with Gasteiger partial charge in [0.15, 0.2) is 0 Å². The minimum Gasteiger partial charge on any atom is -0.457 e. The fraction of sp³-hybridized carbons (Fsp3) is 0.357. The average molecular weight is 273 g/mol. The molecule has 0 spiro atoms. The smallest absolute Gasteiger partial charge is 0.398 e. The number of fused-ring (bicyclic) bond motifs is 5. The lowest BCUT2D eigenvalue weighted by Crippen LogP contribution is -2.35. The Morgan fingerprint density at radius 1 is 1.20 bits per heavy atom. The van der Waals surface area contributed by atoms with Gasteiger partial charge in [-0.25, -0.2) is 4.79 Å². The van der Waals surface area contributed by atoms with Crippen molar-refractivity contribution >= 4 is 17.8 Å². The molecule has 20 heavy (non-hydrogen) atoms. The lowest BCUT2D eigenvalue weighted by molar-refractivity contribution is -0.175. The molecular formula is C14H11NO5. The number of imide groups is 1. The number of rotatable bonds is 2. The Morgan fingerprint density at radius 2 is 1.85 bits per heavy atom. The summed E-state index contributed by atoms with van der Waals surface area (Å²) in [7, 11) is 0. The van der Waals surface area contributed by atoms with Crippen LogP contribution in [0.15, 0.2) is 35.0 Å².